The van der Waals surface area contributed by atoms with Crippen LogP contribution in [-0.2, 0) is 9.53 Å². The third-order valence-corrected chi connectivity index (χ3v) is 4.35. The molecule has 1 aliphatic rings. The van der Waals surface area contributed by atoms with Crippen molar-refractivity contribution in [3.8, 4) is 11.8 Å². The van der Waals surface area contributed by atoms with Crippen molar-refractivity contribution < 1.29 is 14.3 Å². The molecule has 118 valence electrons. The van der Waals surface area contributed by atoms with Crippen molar-refractivity contribution in [3.63, 3.8) is 0 Å². The molecule has 0 heterocycles. The number of hydrogen-bond donors (Lipinski definition) is 0. The zero-order chi connectivity index (χ0) is 15.8. The standard InChI is InChI=1S/C18H23NO3/c1-2-14-9-10-17(21-12-6-11-19)16(14)13-18(20)22-15-7-4-3-5-8-15/h3-5,7-8,14,16-17H,2,6,9-10,12-13H2,1H3. The van der Waals surface area contributed by atoms with Gasteiger partial charge in [-0.15, -0.1) is 0 Å². The van der Waals surface area contributed by atoms with Gasteiger partial charge in [0.1, 0.15) is 5.75 Å². The van der Waals surface area contributed by atoms with Gasteiger partial charge in [0, 0.05) is 0 Å². The van der Waals surface area contributed by atoms with Crippen LogP contribution in [0.5, 0.6) is 5.75 Å². The van der Waals surface area contributed by atoms with Crippen LogP contribution in [0.1, 0.15) is 39.0 Å². The van der Waals surface area contributed by atoms with E-state index in [2.05, 4.69) is 13.0 Å². The molecule has 0 saturated heterocycles. The molecular formula is C18H23NO3. The van der Waals surface area contributed by atoms with Crippen molar-refractivity contribution in [1.82, 2.24) is 0 Å². The monoisotopic (exact) mass is 301 g/mol. The van der Waals surface area contributed by atoms with Gasteiger partial charge in [-0.25, -0.2) is 0 Å². The number of carbonyl (C=O) groups excluding carboxylic acids is 1. The highest BCUT2D eigenvalue weighted by molar-refractivity contribution is 5.72. The highest BCUT2D eigenvalue weighted by atomic mass is 16.5. The Hall–Kier alpha value is -1.86. The van der Waals surface area contributed by atoms with Crippen LogP contribution in [0, 0.1) is 23.2 Å². The summed E-state index contributed by atoms with van der Waals surface area (Å²) in [7, 11) is 0. The van der Waals surface area contributed by atoms with E-state index < -0.39 is 0 Å². The fourth-order valence-electron chi connectivity index (χ4n) is 3.23. The molecule has 0 radical (unpaired) electrons. The van der Waals surface area contributed by atoms with Crippen LogP contribution in [0.2, 0.25) is 0 Å². The van der Waals surface area contributed by atoms with Gasteiger partial charge in [-0.05, 0) is 36.8 Å². The van der Waals surface area contributed by atoms with Crippen LogP contribution in [0.3, 0.4) is 0 Å². The Morgan fingerprint density at radius 1 is 1.32 bits per heavy atom. The van der Waals surface area contributed by atoms with E-state index in [0.717, 1.165) is 19.3 Å². The van der Waals surface area contributed by atoms with E-state index in [1.54, 1.807) is 12.1 Å². The summed E-state index contributed by atoms with van der Waals surface area (Å²) in [6.07, 6.45) is 3.94. The predicted molar refractivity (Wildman–Crippen MR) is 83.2 cm³/mol. The first kappa shape index (κ1) is 16.5. The summed E-state index contributed by atoms with van der Waals surface area (Å²) >= 11 is 0. The second kappa shape index (κ2) is 8.55. The Morgan fingerprint density at radius 2 is 2.09 bits per heavy atom. The molecule has 22 heavy (non-hydrogen) atoms. The van der Waals surface area contributed by atoms with Crippen LogP contribution in [0.25, 0.3) is 0 Å². The van der Waals surface area contributed by atoms with Crippen LogP contribution >= 0.6 is 0 Å². The first-order valence-electron chi connectivity index (χ1n) is 7.98. The lowest BCUT2D eigenvalue weighted by atomic mass is 9.89. The van der Waals surface area contributed by atoms with Gasteiger partial charge in [-0.2, -0.15) is 5.26 Å². The molecule has 1 aromatic carbocycles. The maximum absolute atomic E-state index is 12.2. The zero-order valence-corrected chi connectivity index (χ0v) is 13.0. The minimum Gasteiger partial charge on any atom is -0.427 e. The molecule has 3 atom stereocenters. The lowest BCUT2D eigenvalue weighted by Gasteiger charge is -2.23. The average Bonchev–Trinajstić information content (AvgIpc) is 2.90. The molecule has 3 unspecified atom stereocenters. The minimum absolute atomic E-state index is 0.0709. The van der Waals surface area contributed by atoms with Crippen molar-refractivity contribution in [3.05, 3.63) is 30.3 Å². The molecule has 0 amide bonds. The van der Waals surface area contributed by atoms with Gasteiger partial charge >= 0.3 is 5.97 Å². The SMILES string of the molecule is CCC1CCC(OCCC#N)C1CC(=O)Oc1ccccc1. The number of para-hydroxylation sites is 1. The molecule has 4 heteroatoms. The lowest BCUT2D eigenvalue weighted by Crippen LogP contribution is -2.27. The number of ether oxygens (including phenoxy) is 2. The van der Waals surface area contributed by atoms with Crippen LogP contribution in [0.4, 0.5) is 0 Å². The van der Waals surface area contributed by atoms with Crippen molar-refractivity contribution >= 4 is 5.97 Å². The lowest BCUT2D eigenvalue weighted by molar-refractivity contribution is -0.137. The number of carbonyl (C=O) groups is 1. The highest BCUT2D eigenvalue weighted by Crippen LogP contribution is 2.38. The van der Waals surface area contributed by atoms with Gasteiger partial charge in [0.05, 0.1) is 31.6 Å². The Labute approximate surface area is 132 Å². The smallest absolute Gasteiger partial charge is 0.311 e. The first-order chi connectivity index (χ1) is 10.7. The average molecular weight is 301 g/mol. The number of esters is 1. The van der Waals surface area contributed by atoms with E-state index in [-0.39, 0.29) is 18.0 Å². The molecule has 1 fully saturated rings. The summed E-state index contributed by atoms with van der Waals surface area (Å²) in [4.78, 5) is 12.2. The van der Waals surface area contributed by atoms with Gasteiger partial charge in [-0.1, -0.05) is 31.5 Å². The molecule has 1 saturated carbocycles. The van der Waals surface area contributed by atoms with E-state index in [1.807, 2.05) is 18.2 Å². The van der Waals surface area contributed by atoms with Gasteiger partial charge in [-0.3, -0.25) is 4.79 Å². The third-order valence-electron chi connectivity index (χ3n) is 4.35. The molecule has 0 aromatic heterocycles. The predicted octanol–water partition coefficient (Wildman–Crippen LogP) is 3.72. The summed E-state index contributed by atoms with van der Waals surface area (Å²) in [6.45, 7) is 2.60. The molecule has 2 rings (SSSR count). The van der Waals surface area contributed by atoms with Gasteiger partial charge in [0.2, 0.25) is 0 Å². The maximum atomic E-state index is 12.2. The van der Waals surface area contributed by atoms with Crippen molar-refractivity contribution in [2.45, 2.75) is 45.1 Å². The Kier molecular flexibility index (Phi) is 6.42. The fraction of sp³-hybridized carbons (Fsp3) is 0.556. The van der Waals surface area contributed by atoms with E-state index in [0.29, 0.717) is 31.1 Å². The first-order valence-corrected chi connectivity index (χ1v) is 7.98. The van der Waals surface area contributed by atoms with Crippen molar-refractivity contribution in [1.29, 1.82) is 5.26 Å². The molecular weight excluding hydrogens is 278 g/mol. The summed E-state index contributed by atoms with van der Waals surface area (Å²) < 4.78 is 11.2. The number of rotatable bonds is 7. The second-order valence-corrected chi connectivity index (χ2v) is 5.72. The van der Waals surface area contributed by atoms with E-state index in [9.17, 15) is 4.79 Å². The van der Waals surface area contributed by atoms with Crippen LogP contribution in [-0.4, -0.2) is 18.7 Å². The summed E-state index contributed by atoms with van der Waals surface area (Å²) in [5.41, 5.74) is 0. The van der Waals surface area contributed by atoms with Crippen molar-refractivity contribution in [2.24, 2.45) is 11.8 Å². The maximum Gasteiger partial charge on any atom is 0.311 e. The Morgan fingerprint density at radius 3 is 2.77 bits per heavy atom. The van der Waals surface area contributed by atoms with E-state index >= 15 is 0 Å². The second-order valence-electron chi connectivity index (χ2n) is 5.72. The molecule has 1 aromatic rings. The van der Waals surface area contributed by atoms with Crippen LogP contribution < -0.4 is 4.74 Å². The largest absolute Gasteiger partial charge is 0.427 e. The molecule has 0 aliphatic heterocycles. The number of benzene rings is 1. The topological polar surface area (TPSA) is 59.3 Å². The molecule has 0 spiro atoms. The van der Waals surface area contributed by atoms with Gasteiger partial charge in [0.25, 0.3) is 0 Å². The highest BCUT2D eigenvalue weighted by Gasteiger charge is 2.37. The van der Waals surface area contributed by atoms with Crippen LogP contribution in [0.15, 0.2) is 30.3 Å². The molecule has 0 N–H and O–H groups in total. The molecule has 0 bridgehead atoms. The zero-order valence-electron chi connectivity index (χ0n) is 13.0. The summed E-state index contributed by atoms with van der Waals surface area (Å²) in [5.74, 6) is 1.07. The molecule has 4 nitrogen and oxygen atoms in total. The fourth-order valence-corrected chi connectivity index (χ4v) is 3.23. The van der Waals surface area contributed by atoms with E-state index in [1.165, 1.54) is 0 Å². The quantitative estimate of drug-likeness (QED) is 0.437. The number of nitriles is 1. The Bertz CT molecular complexity index is 509. The summed E-state index contributed by atoms with van der Waals surface area (Å²) in [5, 5.41) is 8.61. The molecule has 1 aliphatic carbocycles. The minimum atomic E-state index is -0.203. The van der Waals surface area contributed by atoms with Crippen molar-refractivity contribution in [2.75, 3.05) is 6.61 Å². The third kappa shape index (κ3) is 4.57. The summed E-state index contributed by atoms with van der Waals surface area (Å²) in [6, 6.07) is 11.2. The normalized spacial score (nSPS) is 23.9. The number of nitrogens with zero attached hydrogens (tertiary/aromatic N) is 1. The number of hydrogen-bond acceptors (Lipinski definition) is 4. The Balaban J connectivity index is 1.91. The van der Waals surface area contributed by atoms with Gasteiger partial charge in [0.15, 0.2) is 0 Å². The van der Waals surface area contributed by atoms with E-state index in [4.69, 9.17) is 14.7 Å². The van der Waals surface area contributed by atoms with Gasteiger partial charge < -0.3 is 9.47 Å².